The average molecular weight is 253 g/mol. The number of para-hydroxylation sites is 1. The first kappa shape index (κ1) is 13.2. The highest BCUT2D eigenvalue weighted by atomic mass is 15.0. The second kappa shape index (κ2) is 5.59. The average Bonchev–Trinajstić information content (AvgIpc) is 2.39. The Morgan fingerprint density at radius 1 is 1.11 bits per heavy atom. The van der Waals surface area contributed by atoms with Gasteiger partial charge in [0.15, 0.2) is 0 Å². The molecule has 5 N–H and O–H groups in total. The van der Waals surface area contributed by atoms with Crippen molar-refractivity contribution < 1.29 is 0 Å². The summed E-state index contributed by atoms with van der Waals surface area (Å²) in [5.74, 6) is 0. The molecule has 0 aliphatic carbocycles. The summed E-state index contributed by atoms with van der Waals surface area (Å²) in [6.45, 7) is 6.10. The minimum Gasteiger partial charge on any atom is -0.398 e. The molecule has 0 saturated carbocycles. The molecule has 3 nitrogen and oxygen atoms in total. The molecule has 0 aliphatic heterocycles. The Morgan fingerprint density at radius 3 is 2.42 bits per heavy atom. The number of benzene rings is 2. The van der Waals surface area contributed by atoms with Crippen molar-refractivity contribution in [3.05, 3.63) is 71.8 Å². The lowest BCUT2D eigenvalue weighted by Crippen LogP contribution is -2.28. The van der Waals surface area contributed by atoms with E-state index in [1.54, 1.807) is 0 Å². The number of rotatable bonds is 4. The van der Waals surface area contributed by atoms with Crippen LogP contribution in [0.25, 0.3) is 5.70 Å². The topological polar surface area (TPSA) is 64.1 Å². The molecule has 0 bridgehead atoms. The Hall–Kier alpha value is -2.26. The van der Waals surface area contributed by atoms with Gasteiger partial charge in [-0.05, 0) is 24.1 Å². The van der Waals surface area contributed by atoms with Crippen LogP contribution in [-0.2, 0) is 0 Å². The van der Waals surface area contributed by atoms with Gasteiger partial charge in [-0.2, -0.15) is 0 Å². The van der Waals surface area contributed by atoms with E-state index in [4.69, 9.17) is 11.5 Å². The third kappa shape index (κ3) is 2.95. The number of aryl methyl sites for hydroxylation is 1. The molecule has 0 radical (unpaired) electrons. The molecule has 0 amide bonds. The van der Waals surface area contributed by atoms with Gasteiger partial charge in [0.1, 0.15) is 6.17 Å². The van der Waals surface area contributed by atoms with Crippen molar-refractivity contribution in [1.29, 1.82) is 0 Å². The van der Waals surface area contributed by atoms with Gasteiger partial charge in [-0.15, -0.1) is 0 Å². The first-order chi connectivity index (χ1) is 9.09. The standard InChI is InChI=1S/C16H19N3/c1-11-7-3-4-8-13(11)12(2)19-16(18)14-9-5-6-10-15(14)17/h3-10,16,19H,2,17-18H2,1H3. The maximum Gasteiger partial charge on any atom is 0.103 e. The molecule has 98 valence electrons. The summed E-state index contributed by atoms with van der Waals surface area (Å²) < 4.78 is 0. The zero-order valence-corrected chi connectivity index (χ0v) is 11.1. The van der Waals surface area contributed by atoms with Gasteiger partial charge in [0.2, 0.25) is 0 Å². The predicted octanol–water partition coefficient (Wildman–Crippen LogP) is 2.80. The van der Waals surface area contributed by atoms with Gasteiger partial charge in [0.25, 0.3) is 0 Å². The lowest BCUT2D eigenvalue weighted by atomic mass is 10.1. The highest BCUT2D eigenvalue weighted by Crippen LogP contribution is 2.20. The quantitative estimate of drug-likeness (QED) is 0.580. The first-order valence-electron chi connectivity index (χ1n) is 6.21. The minimum atomic E-state index is -0.367. The zero-order chi connectivity index (χ0) is 13.8. The molecule has 2 aromatic rings. The van der Waals surface area contributed by atoms with E-state index in [0.717, 1.165) is 22.4 Å². The monoisotopic (exact) mass is 253 g/mol. The van der Waals surface area contributed by atoms with E-state index in [-0.39, 0.29) is 6.17 Å². The van der Waals surface area contributed by atoms with Crippen molar-refractivity contribution in [2.24, 2.45) is 5.73 Å². The van der Waals surface area contributed by atoms with E-state index in [1.165, 1.54) is 0 Å². The summed E-state index contributed by atoms with van der Waals surface area (Å²) in [6, 6.07) is 15.6. The van der Waals surface area contributed by atoms with Crippen molar-refractivity contribution in [1.82, 2.24) is 5.32 Å². The van der Waals surface area contributed by atoms with E-state index in [9.17, 15) is 0 Å². The van der Waals surface area contributed by atoms with Crippen LogP contribution in [0.2, 0.25) is 0 Å². The molecule has 1 atom stereocenters. The molecule has 0 aliphatic rings. The van der Waals surface area contributed by atoms with E-state index in [1.807, 2.05) is 55.5 Å². The van der Waals surface area contributed by atoms with Crippen molar-refractivity contribution in [3.8, 4) is 0 Å². The summed E-state index contributed by atoms with van der Waals surface area (Å²) in [5.41, 5.74) is 16.6. The summed E-state index contributed by atoms with van der Waals surface area (Å²) in [7, 11) is 0. The highest BCUT2D eigenvalue weighted by Gasteiger charge is 2.10. The second-order valence-electron chi connectivity index (χ2n) is 4.54. The molecule has 3 heteroatoms. The van der Waals surface area contributed by atoms with Crippen LogP contribution in [0.3, 0.4) is 0 Å². The molecule has 19 heavy (non-hydrogen) atoms. The molecule has 1 unspecified atom stereocenters. The number of nitrogens with two attached hydrogens (primary N) is 2. The van der Waals surface area contributed by atoms with E-state index in [0.29, 0.717) is 5.69 Å². The van der Waals surface area contributed by atoms with Crippen LogP contribution in [0.4, 0.5) is 5.69 Å². The van der Waals surface area contributed by atoms with Gasteiger partial charge >= 0.3 is 0 Å². The Kier molecular flexibility index (Phi) is 3.88. The van der Waals surface area contributed by atoms with Crippen LogP contribution in [0.15, 0.2) is 55.1 Å². The van der Waals surface area contributed by atoms with Gasteiger partial charge in [0.05, 0.1) is 0 Å². The Bertz CT molecular complexity index is 590. The Labute approximate surface area is 113 Å². The first-order valence-corrected chi connectivity index (χ1v) is 6.21. The lowest BCUT2D eigenvalue weighted by molar-refractivity contribution is 0.669. The van der Waals surface area contributed by atoms with Gasteiger partial charge in [-0.3, -0.25) is 0 Å². The van der Waals surface area contributed by atoms with E-state index in [2.05, 4.69) is 11.9 Å². The fraction of sp³-hybridized carbons (Fsp3) is 0.125. The maximum absolute atomic E-state index is 6.13. The molecule has 0 spiro atoms. The number of anilines is 1. The number of hydrogen-bond donors (Lipinski definition) is 3. The zero-order valence-electron chi connectivity index (χ0n) is 11.1. The maximum atomic E-state index is 6.13. The smallest absolute Gasteiger partial charge is 0.103 e. The van der Waals surface area contributed by atoms with Gasteiger partial charge in [-0.25, -0.2) is 0 Å². The van der Waals surface area contributed by atoms with Crippen molar-refractivity contribution in [2.75, 3.05) is 5.73 Å². The van der Waals surface area contributed by atoms with Crippen LogP contribution in [-0.4, -0.2) is 0 Å². The third-order valence-corrected chi connectivity index (χ3v) is 3.13. The summed E-state index contributed by atoms with van der Waals surface area (Å²) >= 11 is 0. The van der Waals surface area contributed by atoms with Crippen LogP contribution in [0.5, 0.6) is 0 Å². The summed E-state index contributed by atoms with van der Waals surface area (Å²) in [6.07, 6.45) is -0.367. The van der Waals surface area contributed by atoms with Crippen molar-refractivity contribution >= 4 is 11.4 Å². The molecule has 0 fully saturated rings. The van der Waals surface area contributed by atoms with Gasteiger partial charge in [-0.1, -0.05) is 49.0 Å². The Balaban J connectivity index is 2.16. The number of nitrogen functional groups attached to an aromatic ring is 1. The molecule has 0 aromatic heterocycles. The van der Waals surface area contributed by atoms with E-state index >= 15 is 0 Å². The number of nitrogens with one attached hydrogen (secondary N) is 1. The van der Waals surface area contributed by atoms with Crippen LogP contribution in [0, 0.1) is 6.92 Å². The van der Waals surface area contributed by atoms with Crippen LogP contribution < -0.4 is 16.8 Å². The third-order valence-electron chi connectivity index (χ3n) is 3.13. The largest absolute Gasteiger partial charge is 0.398 e. The Morgan fingerprint density at radius 2 is 1.74 bits per heavy atom. The highest BCUT2D eigenvalue weighted by molar-refractivity contribution is 5.65. The normalized spacial score (nSPS) is 11.9. The van der Waals surface area contributed by atoms with Crippen molar-refractivity contribution in [2.45, 2.75) is 13.1 Å². The molecule has 2 aromatic carbocycles. The summed E-state index contributed by atoms with van der Waals surface area (Å²) in [4.78, 5) is 0. The molecular weight excluding hydrogens is 234 g/mol. The molecular formula is C16H19N3. The fourth-order valence-electron chi connectivity index (χ4n) is 2.05. The summed E-state index contributed by atoms with van der Waals surface area (Å²) in [5, 5.41) is 3.20. The second-order valence-corrected chi connectivity index (χ2v) is 4.54. The predicted molar refractivity (Wildman–Crippen MR) is 81.1 cm³/mol. The molecule has 2 rings (SSSR count). The molecule has 0 heterocycles. The van der Waals surface area contributed by atoms with Crippen molar-refractivity contribution in [3.63, 3.8) is 0 Å². The van der Waals surface area contributed by atoms with Gasteiger partial charge in [0, 0.05) is 16.9 Å². The lowest BCUT2D eigenvalue weighted by Gasteiger charge is -2.20. The minimum absolute atomic E-state index is 0.367. The van der Waals surface area contributed by atoms with Gasteiger partial charge < -0.3 is 16.8 Å². The van der Waals surface area contributed by atoms with E-state index < -0.39 is 0 Å². The number of hydrogen-bond acceptors (Lipinski definition) is 3. The fourth-order valence-corrected chi connectivity index (χ4v) is 2.05. The van der Waals surface area contributed by atoms with Crippen LogP contribution >= 0.6 is 0 Å². The SMILES string of the molecule is C=C(NC(N)c1ccccc1N)c1ccccc1C. The molecule has 0 saturated heterocycles. The van der Waals surface area contributed by atoms with Crippen LogP contribution in [0.1, 0.15) is 22.9 Å².